The Bertz CT molecular complexity index is 579. The van der Waals surface area contributed by atoms with Crippen LogP contribution in [-0.4, -0.2) is 53.1 Å². The molecule has 0 spiro atoms. The van der Waals surface area contributed by atoms with Crippen molar-refractivity contribution in [2.75, 3.05) is 38.8 Å². The molecule has 0 fully saturated rings. The van der Waals surface area contributed by atoms with Gasteiger partial charge in [0.1, 0.15) is 9.84 Å². The maximum absolute atomic E-state index is 11.1. The molecule has 1 aromatic rings. The van der Waals surface area contributed by atoms with Crippen molar-refractivity contribution >= 4 is 39.8 Å². The standard InChI is InChI=1S/C16H27N3O3S.HI/c1-14(15-8-5-4-6-9-15)22-12-7-10-18-16(17-2)19-11-13-23(3,20)21;/h4-6,8-9,14H,7,10-13H2,1-3H3,(H2,17,18,19);1H. The highest BCUT2D eigenvalue weighted by Gasteiger charge is 2.05. The van der Waals surface area contributed by atoms with Gasteiger partial charge in [-0.1, -0.05) is 30.3 Å². The molecular formula is C16H28IN3O3S. The van der Waals surface area contributed by atoms with Crippen molar-refractivity contribution in [3.05, 3.63) is 35.9 Å². The first-order valence-electron chi connectivity index (χ1n) is 7.71. The molecule has 0 saturated heterocycles. The smallest absolute Gasteiger partial charge is 0.191 e. The monoisotopic (exact) mass is 469 g/mol. The number of nitrogens with one attached hydrogen (secondary N) is 2. The maximum atomic E-state index is 11.1. The molecule has 0 aliphatic heterocycles. The van der Waals surface area contributed by atoms with Crippen LogP contribution in [0, 0.1) is 0 Å². The van der Waals surface area contributed by atoms with Gasteiger partial charge in [-0.15, -0.1) is 24.0 Å². The van der Waals surface area contributed by atoms with E-state index in [2.05, 4.69) is 27.8 Å². The molecule has 0 heterocycles. The Kier molecular flexibility index (Phi) is 12.0. The van der Waals surface area contributed by atoms with Crippen molar-refractivity contribution < 1.29 is 13.2 Å². The van der Waals surface area contributed by atoms with E-state index in [9.17, 15) is 8.42 Å². The van der Waals surface area contributed by atoms with Gasteiger partial charge in [-0.05, 0) is 18.9 Å². The van der Waals surface area contributed by atoms with Crippen LogP contribution in [0.25, 0.3) is 0 Å². The molecule has 0 aromatic heterocycles. The third-order valence-electron chi connectivity index (χ3n) is 3.24. The van der Waals surface area contributed by atoms with E-state index in [0.717, 1.165) is 6.42 Å². The lowest BCUT2D eigenvalue weighted by Crippen LogP contribution is -2.40. The van der Waals surface area contributed by atoms with Crippen LogP contribution < -0.4 is 10.6 Å². The fraction of sp³-hybridized carbons (Fsp3) is 0.562. The molecule has 1 aromatic carbocycles. The lowest BCUT2D eigenvalue weighted by Gasteiger charge is -2.14. The van der Waals surface area contributed by atoms with Gasteiger partial charge < -0.3 is 15.4 Å². The van der Waals surface area contributed by atoms with Crippen molar-refractivity contribution in [2.24, 2.45) is 4.99 Å². The summed E-state index contributed by atoms with van der Waals surface area (Å²) in [7, 11) is -1.30. The highest BCUT2D eigenvalue weighted by atomic mass is 127. The van der Waals surface area contributed by atoms with Gasteiger partial charge in [0, 0.05) is 33.0 Å². The van der Waals surface area contributed by atoms with E-state index in [0.29, 0.717) is 25.7 Å². The number of sulfone groups is 1. The lowest BCUT2D eigenvalue weighted by atomic mass is 10.1. The fourth-order valence-corrected chi connectivity index (χ4v) is 2.41. The van der Waals surface area contributed by atoms with Crippen molar-refractivity contribution in [1.82, 2.24) is 10.6 Å². The first kappa shape index (κ1) is 23.1. The molecular weight excluding hydrogens is 441 g/mol. The van der Waals surface area contributed by atoms with Gasteiger partial charge in [-0.25, -0.2) is 8.42 Å². The normalized spacial score (nSPS) is 13.0. The molecule has 1 unspecified atom stereocenters. The van der Waals surface area contributed by atoms with Gasteiger partial charge in [0.25, 0.3) is 0 Å². The molecule has 2 N–H and O–H groups in total. The summed E-state index contributed by atoms with van der Waals surface area (Å²) in [5, 5.41) is 6.10. The highest BCUT2D eigenvalue weighted by molar-refractivity contribution is 14.0. The largest absolute Gasteiger partial charge is 0.374 e. The summed E-state index contributed by atoms with van der Waals surface area (Å²) in [6.45, 7) is 3.73. The number of rotatable bonds is 9. The lowest BCUT2D eigenvalue weighted by molar-refractivity contribution is 0.0646. The molecule has 0 saturated carbocycles. The Morgan fingerprint density at radius 1 is 1.21 bits per heavy atom. The van der Waals surface area contributed by atoms with Crippen molar-refractivity contribution in [1.29, 1.82) is 0 Å². The number of nitrogens with zero attached hydrogens (tertiary/aromatic N) is 1. The minimum atomic E-state index is -2.96. The van der Waals surface area contributed by atoms with Crippen LogP contribution in [0.2, 0.25) is 0 Å². The van der Waals surface area contributed by atoms with Gasteiger partial charge in [-0.2, -0.15) is 0 Å². The van der Waals surface area contributed by atoms with E-state index in [1.54, 1.807) is 7.05 Å². The maximum Gasteiger partial charge on any atom is 0.191 e. The van der Waals surface area contributed by atoms with Crippen molar-refractivity contribution in [3.8, 4) is 0 Å². The molecule has 8 heteroatoms. The molecule has 0 radical (unpaired) electrons. The van der Waals surface area contributed by atoms with E-state index < -0.39 is 9.84 Å². The van der Waals surface area contributed by atoms with Gasteiger partial charge in [0.15, 0.2) is 5.96 Å². The summed E-state index contributed by atoms with van der Waals surface area (Å²) < 4.78 is 27.9. The van der Waals surface area contributed by atoms with Gasteiger partial charge in [0.2, 0.25) is 0 Å². The molecule has 138 valence electrons. The Hall–Kier alpha value is -0.870. The van der Waals surface area contributed by atoms with E-state index in [-0.39, 0.29) is 35.8 Å². The molecule has 6 nitrogen and oxygen atoms in total. The summed E-state index contributed by atoms with van der Waals surface area (Å²) in [6.07, 6.45) is 2.13. The summed E-state index contributed by atoms with van der Waals surface area (Å²) >= 11 is 0. The summed E-state index contributed by atoms with van der Waals surface area (Å²) in [5.41, 5.74) is 1.17. The van der Waals surface area contributed by atoms with Crippen LogP contribution in [-0.2, 0) is 14.6 Å². The number of aliphatic imine (C=N–C) groups is 1. The number of guanidine groups is 1. The van der Waals surface area contributed by atoms with E-state index in [1.807, 2.05) is 25.1 Å². The zero-order valence-electron chi connectivity index (χ0n) is 14.5. The average Bonchev–Trinajstić information content (AvgIpc) is 2.52. The van der Waals surface area contributed by atoms with Crippen LogP contribution in [0.3, 0.4) is 0 Å². The third-order valence-corrected chi connectivity index (χ3v) is 4.19. The predicted molar refractivity (Wildman–Crippen MR) is 110 cm³/mol. The first-order valence-corrected chi connectivity index (χ1v) is 9.77. The van der Waals surface area contributed by atoms with Crippen LogP contribution in [0.5, 0.6) is 0 Å². The zero-order valence-corrected chi connectivity index (χ0v) is 17.6. The molecule has 24 heavy (non-hydrogen) atoms. The van der Waals surface area contributed by atoms with Crippen LogP contribution >= 0.6 is 24.0 Å². The molecule has 0 bridgehead atoms. The number of hydrogen-bond donors (Lipinski definition) is 2. The Balaban J connectivity index is 0.00000529. The Morgan fingerprint density at radius 2 is 1.83 bits per heavy atom. The second-order valence-electron chi connectivity index (χ2n) is 5.33. The Labute approximate surface area is 162 Å². The highest BCUT2D eigenvalue weighted by Crippen LogP contribution is 2.15. The van der Waals surface area contributed by atoms with Crippen molar-refractivity contribution in [2.45, 2.75) is 19.4 Å². The zero-order chi connectivity index (χ0) is 17.1. The molecule has 0 amide bonds. The number of halogens is 1. The Morgan fingerprint density at radius 3 is 2.42 bits per heavy atom. The van der Waals surface area contributed by atoms with E-state index in [1.165, 1.54) is 11.8 Å². The van der Waals surface area contributed by atoms with Gasteiger partial charge in [0.05, 0.1) is 11.9 Å². The SMILES string of the molecule is CN=C(NCCCOC(C)c1ccccc1)NCCS(C)(=O)=O.I. The fourth-order valence-electron chi connectivity index (χ4n) is 1.93. The number of ether oxygens (including phenoxy) is 1. The van der Waals surface area contributed by atoms with E-state index >= 15 is 0 Å². The van der Waals surface area contributed by atoms with E-state index in [4.69, 9.17) is 4.74 Å². The molecule has 1 atom stereocenters. The summed E-state index contributed by atoms with van der Waals surface area (Å²) in [6, 6.07) is 10.1. The summed E-state index contributed by atoms with van der Waals surface area (Å²) in [5.74, 6) is 0.690. The second-order valence-corrected chi connectivity index (χ2v) is 7.59. The van der Waals surface area contributed by atoms with Gasteiger partial charge in [-0.3, -0.25) is 4.99 Å². The van der Waals surface area contributed by atoms with Crippen LogP contribution in [0.1, 0.15) is 25.0 Å². The quantitative estimate of drug-likeness (QED) is 0.250. The average molecular weight is 469 g/mol. The summed E-state index contributed by atoms with van der Waals surface area (Å²) in [4.78, 5) is 4.05. The van der Waals surface area contributed by atoms with Crippen molar-refractivity contribution in [3.63, 3.8) is 0 Å². The first-order chi connectivity index (χ1) is 10.9. The van der Waals surface area contributed by atoms with Crippen LogP contribution in [0.15, 0.2) is 35.3 Å². The van der Waals surface area contributed by atoms with Crippen LogP contribution in [0.4, 0.5) is 0 Å². The number of hydrogen-bond acceptors (Lipinski definition) is 4. The predicted octanol–water partition coefficient (Wildman–Crippen LogP) is 1.98. The topological polar surface area (TPSA) is 79.8 Å². The molecule has 0 aliphatic rings. The van der Waals surface area contributed by atoms with Gasteiger partial charge >= 0.3 is 0 Å². The minimum absolute atomic E-state index is 0. The number of benzene rings is 1. The third kappa shape index (κ3) is 10.8. The molecule has 1 rings (SSSR count). The second kappa shape index (κ2) is 12.5. The minimum Gasteiger partial charge on any atom is -0.374 e. The molecule has 0 aliphatic carbocycles.